The van der Waals surface area contributed by atoms with Gasteiger partial charge in [0.15, 0.2) is 0 Å². The van der Waals surface area contributed by atoms with Gasteiger partial charge in [0, 0.05) is 32.1 Å². The summed E-state index contributed by atoms with van der Waals surface area (Å²) in [5.74, 6) is 1.22. The Morgan fingerprint density at radius 2 is 1.91 bits per heavy atom. The summed E-state index contributed by atoms with van der Waals surface area (Å²) in [6.45, 7) is 5.64. The van der Waals surface area contributed by atoms with Crippen LogP contribution < -0.4 is 20.6 Å². The molecule has 0 radical (unpaired) electrons. The number of nitrogens with zero attached hydrogens (tertiary/aromatic N) is 3. The number of H-pyrrole nitrogens is 2. The summed E-state index contributed by atoms with van der Waals surface area (Å²) in [5.41, 5.74) is 3.75. The third-order valence-electron chi connectivity index (χ3n) is 6.41. The molecule has 1 fully saturated rings. The Bertz CT molecular complexity index is 1190. The zero-order chi connectivity index (χ0) is 22.6. The molecule has 0 aliphatic carbocycles. The molecule has 2 aromatic heterocycles. The lowest BCUT2D eigenvalue weighted by atomic mass is 10.1. The van der Waals surface area contributed by atoms with E-state index in [1.54, 1.807) is 0 Å². The fraction of sp³-hybridized carbons (Fsp3) is 0.458. The van der Waals surface area contributed by atoms with Crippen molar-refractivity contribution in [1.82, 2.24) is 19.9 Å². The standard InChI is InChI=1S/C24H30N6O3/c31-20-9-7-17-8-10-21(27-23(17)26-20)33-16-2-1-11-29-12-4-13-30(15-14-29)19-6-3-5-18-22(19)28-24(32)25-18/h3,5-6,8,10H,1-2,4,7,9,11-16H2,(H2,25,28,32)(H,26,27,31). The molecule has 33 heavy (non-hydrogen) atoms. The van der Waals surface area contributed by atoms with Crippen molar-refractivity contribution in [3.8, 4) is 5.88 Å². The number of carbonyl (C=O) groups excluding carboxylic acids is 1. The van der Waals surface area contributed by atoms with Gasteiger partial charge in [-0.05, 0) is 62.5 Å². The van der Waals surface area contributed by atoms with Gasteiger partial charge in [-0.1, -0.05) is 6.07 Å². The van der Waals surface area contributed by atoms with Crippen LogP contribution in [0.15, 0.2) is 35.1 Å². The van der Waals surface area contributed by atoms with Crippen molar-refractivity contribution in [2.75, 3.05) is 49.5 Å². The van der Waals surface area contributed by atoms with Crippen LogP contribution in [-0.2, 0) is 11.2 Å². The number of nitrogens with one attached hydrogen (secondary N) is 3. The quantitative estimate of drug-likeness (QED) is 0.478. The van der Waals surface area contributed by atoms with Gasteiger partial charge in [0.2, 0.25) is 11.8 Å². The van der Waals surface area contributed by atoms with E-state index in [0.29, 0.717) is 24.7 Å². The average molecular weight is 451 g/mol. The number of para-hydroxylation sites is 1. The Balaban J connectivity index is 1.07. The first-order valence-corrected chi connectivity index (χ1v) is 11.8. The van der Waals surface area contributed by atoms with Crippen LogP contribution >= 0.6 is 0 Å². The summed E-state index contributed by atoms with van der Waals surface area (Å²) in [4.78, 5) is 38.4. The van der Waals surface area contributed by atoms with Gasteiger partial charge < -0.3 is 29.8 Å². The predicted octanol–water partition coefficient (Wildman–Crippen LogP) is 2.51. The van der Waals surface area contributed by atoms with E-state index >= 15 is 0 Å². The van der Waals surface area contributed by atoms with Crippen LogP contribution in [0.4, 0.5) is 11.5 Å². The van der Waals surface area contributed by atoms with Gasteiger partial charge in [-0.2, -0.15) is 4.98 Å². The van der Waals surface area contributed by atoms with E-state index in [1.807, 2.05) is 24.3 Å². The van der Waals surface area contributed by atoms with Crippen molar-refractivity contribution < 1.29 is 9.53 Å². The number of rotatable bonds is 7. The van der Waals surface area contributed by atoms with Crippen LogP contribution in [-0.4, -0.2) is 65.1 Å². The summed E-state index contributed by atoms with van der Waals surface area (Å²) in [6.07, 6.45) is 4.36. The van der Waals surface area contributed by atoms with Crippen LogP contribution in [0.3, 0.4) is 0 Å². The average Bonchev–Trinajstić information content (AvgIpc) is 3.04. The van der Waals surface area contributed by atoms with Crippen LogP contribution in [0.25, 0.3) is 11.0 Å². The third kappa shape index (κ3) is 5.03. The molecule has 3 N–H and O–H groups in total. The molecule has 4 heterocycles. The minimum atomic E-state index is -0.161. The number of aromatic nitrogens is 3. The number of benzene rings is 1. The molecule has 1 saturated heterocycles. The van der Waals surface area contributed by atoms with E-state index in [4.69, 9.17) is 4.74 Å². The van der Waals surface area contributed by atoms with Crippen LogP contribution in [0.1, 0.15) is 31.2 Å². The number of amides is 1. The molecule has 2 aliphatic rings. The maximum atomic E-state index is 11.7. The number of hydrogen-bond donors (Lipinski definition) is 3. The van der Waals surface area contributed by atoms with E-state index in [1.165, 1.54) is 0 Å². The van der Waals surface area contributed by atoms with Gasteiger partial charge in [-0.25, -0.2) is 4.79 Å². The lowest BCUT2D eigenvalue weighted by Gasteiger charge is -2.24. The van der Waals surface area contributed by atoms with E-state index in [0.717, 1.165) is 80.7 Å². The first-order valence-electron chi connectivity index (χ1n) is 11.8. The Kier molecular flexibility index (Phi) is 6.30. The number of hydrogen-bond acceptors (Lipinski definition) is 6. The topological polar surface area (TPSA) is 106 Å². The fourth-order valence-corrected chi connectivity index (χ4v) is 4.66. The van der Waals surface area contributed by atoms with Crippen molar-refractivity contribution in [1.29, 1.82) is 0 Å². The molecule has 9 nitrogen and oxygen atoms in total. The molecule has 9 heteroatoms. The second kappa shape index (κ2) is 9.66. The highest BCUT2D eigenvalue weighted by Crippen LogP contribution is 2.25. The molecule has 0 spiro atoms. The fourth-order valence-electron chi connectivity index (χ4n) is 4.66. The number of imidazole rings is 1. The number of aromatic amines is 2. The van der Waals surface area contributed by atoms with Crippen molar-refractivity contribution >= 4 is 28.4 Å². The second-order valence-corrected chi connectivity index (χ2v) is 8.72. The molecular formula is C24H30N6O3. The Hall–Kier alpha value is -3.33. The van der Waals surface area contributed by atoms with Gasteiger partial charge in [-0.3, -0.25) is 4.79 Å². The number of ether oxygens (including phenoxy) is 1. The minimum Gasteiger partial charge on any atom is -0.478 e. The van der Waals surface area contributed by atoms with Crippen LogP contribution in [0.2, 0.25) is 0 Å². The van der Waals surface area contributed by atoms with Gasteiger partial charge >= 0.3 is 5.69 Å². The van der Waals surface area contributed by atoms with Crippen molar-refractivity contribution in [2.45, 2.75) is 32.1 Å². The van der Waals surface area contributed by atoms with Crippen molar-refractivity contribution in [3.05, 3.63) is 46.4 Å². The highest BCUT2D eigenvalue weighted by Gasteiger charge is 2.18. The lowest BCUT2D eigenvalue weighted by Crippen LogP contribution is -2.31. The van der Waals surface area contributed by atoms with E-state index in [-0.39, 0.29) is 11.6 Å². The predicted molar refractivity (Wildman–Crippen MR) is 128 cm³/mol. The summed E-state index contributed by atoms with van der Waals surface area (Å²) in [5, 5.41) is 2.82. The Morgan fingerprint density at radius 1 is 0.970 bits per heavy atom. The van der Waals surface area contributed by atoms with Crippen molar-refractivity contribution in [2.24, 2.45) is 0 Å². The minimum absolute atomic E-state index is 0.0150. The number of aryl methyl sites for hydroxylation is 1. The first kappa shape index (κ1) is 21.5. The number of anilines is 2. The van der Waals surface area contributed by atoms with Gasteiger partial charge in [0.1, 0.15) is 5.82 Å². The number of unbranched alkanes of at least 4 members (excludes halogenated alkanes) is 1. The maximum Gasteiger partial charge on any atom is 0.323 e. The summed E-state index contributed by atoms with van der Waals surface area (Å²) < 4.78 is 5.82. The molecule has 1 amide bonds. The van der Waals surface area contributed by atoms with Gasteiger partial charge in [0.25, 0.3) is 0 Å². The smallest absolute Gasteiger partial charge is 0.323 e. The zero-order valence-electron chi connectivity index (χ0n) is 18.7. The third-order valence-corrected chi connectivity index (χ3v) is 6.41. The van der Waals surface area contributed by atoms with Crippen molar-refractivity contribution in [3.63, 3.8) is 0 Å². The molecule has 1 aromatic carbocycles. The maximum absolute atomic E-state index is 11.7. The molecule has 0 atom stereocenters. The SMILES string of the molecule is O=C1CCc2ccc(OCCCCN3CCCN(c4cccc5[nH]c(=O)[nH]c45)CC3)nc2N1. The van der Waals surface area contributed by atoms with E-state index in [9.17, 15) is 9.59 Å². The monoisotopic (exact) mass is 450 g/mol. The Labute approximate surface area is 192 Å². The number of fused-ring (bicyclic) bond motifs is 2. The number of pyridine rings is 1. The Morgan fingerprint density at radius 3 is 2.85 bits per heavy atom. The zero-order valence-corrected chi connectivity index (χ0v) is 18.7. The molecule has 0 saturated carbocycles. The highest BCUT2D eigenvalue weighted by molar-refractivity contribution is 5.92. The molecular weight excluding hydrogens is 420 g/mol. The van der Waals surface area contributed by atoms with E-state index < -0.39 is 0 Å². The van der Waals surface area contributed by atoms with Crippen LogP contribution in [0, 0.1) is 0 Å². The molecule has 5 rings (SSSR count). The molecule has 174 valence electrons. The number of carbonyl (C=O) groups is 1. The van der Waals surface area contributed by atoms with Gasteiger partial charge in [-0.15, -0.1) is 0 Å². The molecule has 0 unspecified atom stereocenters. The summed E-state index contributed by atoms with van der Waals surface area (Å²) >= 11 is 0. The van der Waals surface area contributed by atoms with E-state index in [2.05, 4.69) is 36.1 Å². The summed E-state index contributed by atoms with van der Waals surface area (Å²) in [6, 6.07) is 9.88. The highest BCUT2D eigenvalue weighted by atomic mass is 16.5. The first-order chi connectivity index (χ1) is 16.2. The lowest BCUT2D eigenvalue weighted by molar-refractivity contribution is -0.116. The molecule has 0 bridgehead atoms. The largest absolute Gasteiger partial charge is 0.478 e. The van der Waals surface area contributed by atoms with Gasteiger partial charge in [0.05, 0.1) is 23.3 Å². The molecule has 2 aliphatic heterocycles. The molecule has 3 aromatic rings. The van der Waals surface area contributed by atoms with Crippen LogP contribution in [0.5, 0.6) is 5.88 Å². The second-order valence-electron chi connectivity index (χ2n) is 8.72. The summed E-state index contributed by atoms with van der Waals surface area (Å²) in [7, 11) is 0. The normalized spacial score (nSPS) is 17.0.